The number of thioether (sulfide) groups is 1. The van der Waals surface area contributed by atoms with Gasteiger partial charge in [0.15, 0.2) is 0 Å². The molecule has 19 heavy (non-hydrogen) atoms. The van der Waals surface area contributed by atoms with Crippen molar-refractivity contribution in [2.75, 3.05) is 18.8 Å². The number of fused-ring (bicyclic) bond motifs is 1. The first-order chi connectivity index (χ1) is 9.02. The highest BCUT2D eigenvalue weighted by Crippen LogP contribution is 2.43. The lowest BCUT2D eigenvalue weighted by Gasteiger charge is -2.27. The fourth-order valence-electron chi connectivity index (χ4n) is 2.20. The number of hydrogen-bond donors (Lipinski definition) is 2. The number of hydrogen-bond acceptors (Lipinski definition) is 5. The van der Waals surface area contributed by atoms with Gasteiger partial charge >= 0.3 is 0 Å². The fourth-order valence-corrected chi connectivity index (χ4v) is 5.74. The standard InChI is InChI=1S/C12H20N2O2S3/c1-3-14-19(15,16)7-5-13-11-8-9(2)18-12-10(11)4-6-17-12/h4,6,9,11,13-14H,3,5,7-8H2,1-2H3/t9-,11?/m0/s1. The van der Waals surface area contributed by atoms with E-state index in [0.717, 1.165) is 6.42 Å². The first-order valence-corrected chi connectivity index (χ1v) is 9.87. The van der Waals surface area contributed by atoms with Crippen molar-refractivity contribution in [1.29, 1.82) is 0 Å². The van der Waals surface area contributed by atoms with Gasteiger partial charge in [-0.3, -0.25) is 0 Å². The van der Waals surface area contributed by atoms with E-state index in [1.165, 1.54) is 9.77 Å². The molecular weight excluding hydrogens is 300 g/mol. The number of nitrogens with one attached hydrogen (secondary N) is 2. The van der Waals surface area contributed by atoms with Crippen molar-refractivity contribution in [1.82, 2.24) is 10.0 Å². The van der Waals surface area contributed by atoms with E-state index in [2.05, 4.69) is 28.4 Å². The van der Waals surface area contributed by atoms with Crippen LogP contribution in [0.15, 0.2) is 15.7 Å². The molecule has 1 aromatic heterocycles. The maximum absolute atomic E-state index is 11.6. The highest BCUT2D eigenvalue weighted by molar-refractivity contribution is 8.01. The van der Waals surface area contributed by atoms with Crippen LogP contribution in [0, 0.1) is 0 Å². The van der Waals surface area contributed by atoms with Crippen molar-refractivity contribution in [3.63, 3.8) is 0 Å². The molecule has 1 aromatic rings. The summed E-state index contributed by atoms with van der Waals surface area (Å²) in [6.07, 6.45) is 1.05. The van der Waals surface area contributed by atoms with Crippen LogP contribution >= 0.6 is 23.1 Å². The lowest BCUT2D eigenvalue weighted by Crippen LogP contribution is -2.34. The molecule has 108 valence electrons. The predicted octanol–water partition coefficient (Wildman–Crippen LogP) is 2.20. The van der Waals surface area contributed by atoms with E-state index in [0.29, 0.717) is 18.3 Å². The van der Waals surface area contributed by atoms with E-state index in [9.17, 15) is 8.42 Å². The summed E-state index contributed by atoms with van der Waals surface area (Å²) in [5.41, 5.74) is 1.33. The van der Waals surface area contributed by atoms with Gasteiger partial charge in [0.25, 0.3) is 0 Å². The van der Waals surface area contributed by atoms with E-state index >= 15 is 0 Å². The Morgan fingerprint density at radius 3 is 3.00 bits per heavy atom. The monoisotopic (exact) mass is 320 g/mol. The van der Waals surface area contributed by atoms with Gasteiger partial charge in [0.1, 0.15) is 0 Å². The summed E-state index contributed by atoms with van der Waals surface area (Å²) in [4.78, 5) is 0. The van der Waals surface area contributed by atoms with Crippen LogP contribution in [0.25, 0.3) is 0 Å². The second-order valence-corrected chi connectivity index (χ2v) is 9.20. The van der Waals surface area contributed by atoms with Crippen molar-refractivity contribution in [2.45, 2.75) is 35.8 Å². The predicted molar refractivity (Wildman–Crippen MR) is 82.5 cm³/mol. The number of thiophene rings is 1. The van der Waals surface area contributed by atoms with Gasteiger partial charge in [-0.25, -0.2) is 13.1 Å². The fraction of sp³-hybridized carbons (Fsp3) is 0.667. The SMILES string of the molecule is CCNS(=O)(=O)CCNC1C[C@H](C)Sc2sccc21. The van der Waals surface area contributed by atoms with Gasteiger partial charge in [-0.1, -0.05) is 13.8 Å². The first-order valence-electron chi connectivity index (χ1n) is 6.46. The van der Waals surface area contributed by atoms with Crippen LogP contribution in [0.2, 0.25) is 0 Å². The zero-order valence-electron chi connectivity index (χ0n) is 11.2. The molecule has 0 aromatic carbocycles. The average Bonchev–Trinajstić information content (AvgIpc) is 2.76. The summed E-state index contributed by atoms with van der Waals surface area (Å²) < 4.78 is 27.0. The summed E-state index contributed by atoms with van der Waals surface area (Å²) in [5.74, 6) is 0.137. The molecular formula is C12H20N2O2S3. The summed E-state index contributed by atoms with van der Waals surface area (Å²) >= 11 is 3.69. The summed E-state index contributed by atoms with van der Waals surface area (Å²) in [5, 5.41) is 6.07. The summed E-state index contributed by atoms with van der Waals surface area (Å²) in [6.45, 7) is 4.96. The minimum Gasteiger partial charge on any atom is -0.309 e. The third kappa shape index (κ3) is 4.19. The van der Waals surface area contributed by atoms with E-state index in [1.54, 1.807) is 18.3 Å². The van der Waals surface area contributed by atoms with Crippen molar-refractivity contribution >= 4 is 33.1 Å². The molecule has 0 saturated heterocycles. The molecule has 1 aliphatic heterocycles. The van der Waals surface area contributed by atoms with Crippen LogP contribution in [0.1, 0.15) is 31.9 Å². The molecule has 2 N–H and O–H groups in total. The lowest BCUT2D eigenvalue weighted by molar-refractivity contribution is 0.500. The van der Waals surface area contributed by atoms with Crippen molar-refractivity contribution in [3.8, 4) is 0 Å². The van der Waals surface area contributed by atoms with Crippen LogP contribution in [0.4, 0.5) is 0 Å². The van der Waals surface area contributed by atoms with Gasteiger partial charge in [-0.15, -0.1) is 23.1 Å². The van der Waals surface area contributed by atoms with Crippen molar-refractivity contribution in [2.24, 2.45) is 0 Å². The molecule has 2 rings (SSSR count). The normalized spacial score (nSPS) is 23.3. The maximum Gasteiger partial charge on any atom is 0.212 e. The lowest BCUT2D eigenvalue weighted by atomic mass is 10.1. The van der Waals surface area contributed by atoms with E-state index in [-0.39, 0.29) is 11.8 Å². The zero-order chi connectivity index (χ0) is 13.9. The van der Waals surface area contributed by atoms with Crippen LogP contribution < -0.4 is 10.0 Å². The second-order valence-electron chi connectivity index (χ2n) is 4.65. The Bertz CT molecular complexity index is 513. The third-order valence-corrected chi connectivity index (χ3v) is 6.85. The van der Waals surface area contributed by atoms with Crippen LogP contribution in [-0.2, 0) is 10.0 Å². The van der Waals surface area contributed by atoms with Gasteiger partial charge in [0.2, 0.25) is 10.0 Å². The van der Waals surface area contributed by atoms with E-state index < -0.39 is 10.0 Å². The second kappa shape index (κ2) is 6.58. The molecule has 0 aliphatic carbocycles. The Balaban J connectivity index is 1.91. The van der Waals surface area contributed by atoms with Gasteiger partial charge in [-0.05, 0) is 23.4 Å². The largest absolute Gasteiger partial charge is 0.309 e. The molecule has 0 fully saturated rings. The van der Waals surface area contributed by atoms with Gasteiger partial charge in [0.05, 0.1) is 9.96 Å². The molecule has 0 spiro atoms. The summed E-state index contributed by atoms with van der Waals surface area (Å²) in [6, 6.07) is 2.43. The molecule has 1 unspecified atom stereocenters. The van der Waals surface area contributed by atoms with Crippen LogP contribution in [-0.4, -0.2) is 32.5 Å². The van der Waals surface area contributed by atoms with Crippen LogP contribution in [0.3, 0.4) is 0 Å². The Kier molecular flexibility index (Phi) is 5.30. The van der Waals surface area contributed by atoms with E-state index in [4.69, 9.17) is 0 Å². The van der Waals surface area contributed by atoms with Gasteiger partial charge < -0.3 is 5.32 Å². The van der Waals surface area contributed by atoms with Crippen molar-refractivity contribution < 1.29 is 8.42 Å². The van der Waals surface area contributed by atoms with Gasteiger partial charge in [-0.2, -0.15) is 0 Å². The number of sulfonamides is 1. The highest BCUT2D eigenvalue weighted by atomic mass is 32.2. The minimum atomic E-state index is -3.13. The molecule has 0 saturated carbocycles. The Hall–Kier alpha value is -0.0800. The molecule has 2 atom stereocenters. The molecule has 0 radical (unpaired) electrons. The quantitative estimate of drug-likeness (QED) is 0.844. The average molecular weight is 321 g/mol. The zero-order valence-corrected chi connectivity index (χ0v) is 13.6. The number of rotatable bonds is 6. The maximum atomic E-state index is 11.6. The Labute approximate surface area is 123 Å². The summed E-state index contributed by atoms with van der Waals surface area (Å²) in [7, 11) is -3.13. The molecule has 0 amide bonds. The molecule has 7 heteroatoms. The molecule has 4 nitrogen and oxygen atoms in total. The Morgan fingerprint density at radius 2 is 2.26 bits per heavy atom. The van der Waals surface area contributed by atoms with Gasteiger partial charge in [0, 0.05) is 24.4 Å². The first kappa shape index (κ1) is 15.3. The van der Waals surface area contributed by atoms with Crippen molar-refractivity contribution in [3.05, 3.63) is 17.0 Å². The topological polar surface area (TPSA) is 58.2 Å². The van der Waals surface area contributed by atoms with E-state index in [1.807, 2.05) is 11.8 Å². The molecule has 2 heterocycles. The molecule has 0 bridgehead atoms. The molecule has 1 aliphatic rings. The Morgan fingerprint density at radius 1 is 1.47 bits per heavy atom. The smallest absolute Gasteiger partial charge is 0.212 e. The minimum absolute atomic E-state index is 0.137. The third-order valence-electron chi connectivity index (χ3n) is 3.04. The highest BCUT2D eigenvalue weighted by Gasteiger charge is 2.26. The van der Waals surface area contributed by atoms with Crippen LogP contribution in [0.5, 0.6) is 0 Å².